The van der Waals surface area contributed by atoms with Crippen LogP contribution in [0.4, 0.5) is 0 Å². The van der Waals surface area contributed by atoms with Crippen molar-refractivity contribution in [3.05, 3.63) is 16.6 Å². The molecule has 1 aromatic rings. The molecule has 4 nitrogen and oxygen atoms in total. The molecule has 2 rings (SSSR count). The Labute approximate surface area is 79.5 Å². The molecule has 0 atom stereocenters. The molecule has 1 aromatic heterocycles. The van der Waals surface area contributed by atoms with E-state index in [9.17, 15) is 9.59 Å². The van der Waals surface area contributed by atoms with Gasteiger partial charge >= 0.3 is 0 Å². The molecule has 1 aliphatic carbocycles. The second kappa shape index (κ2) is 3.41. The van der Waals surface area contributed by atoms with Crippen molar-refractivity contribution in [2.75, 3.05) is 0 Å². The van der Waals surface area contributed by atoms with Crippen LogP contribution < -0.4 is 5.56 Å². The highest BCUT2D eigenvalue weighted by molar-refractivity contribution is 7.01. The Balaban J connectivity index is 2.22. The fourth-order valence-corrected chi connectivity index (χ4v) is 2.28. The number of carbonyl (C=O) groups excluding carboxylic acids is 1. The lowest BCUT2D eigenvalue weighted by atomic mass is 10.1. The topological polar surface area (TPSA) is 52.0 Å². The van der Waals surface area contributed by atoms with Crippen molar-refractivity contribution in [3.8, 4) is 0 Å². The van der Waals surface area contributed by atoms with Gasteiger partial charge in [0.05, 0.1) is 11.7 Å². The SMILES string of the molecule is O=C(C1CCCC1)n1sncc1=O. The van der Waals surface area contributed by atoms with Gasteiger partial charge < -0.3 is 0 Å². The summed E-state index contributed by atoms with van der Waals surface area (Å²) in [4.78, 5) is 22.8. The molecule has 5 heteroatoms. The molecule has 0 amide bonds. The molecule has 0 spiro atoms. The normalized spacial score (nSPS) is 17.8. The third kappa shape index (κ3) is 1.56. The van der Waals surface area contributed by atoms with Gasteiger partial charge in [-0.2, -0.15) is 8.33 Å². The number of hydrogen-bond donors (Lipinski definition) is 0. The van der Waals surface area contributed by atoms with Crippen LogP contribution >= 0.6 is 11.7 Å². The molecule has 0 aromatic carbocycles. The van der Waals surface area contributed by atoms with Gasteiger partial charge in [0.2, 0.25) is 5.91 Å². The van der Waals surface area contributed by atoms with Crippen molar-refractivity contribution in [1.29, 1.82) is 0 Å². The van der Waals surface area contributed by atoms with Crippen LogP contribution in [-0.4, -0.2) is 14.2 Å². The average Bonchev–Trinajstić information content (AvgIpc) is 2.72. The van der Waals surface area contributed by atoms with E-state index < -0.39 is 0 Å². The molecule has 1 aliphatic rings. The third-order valence-electron chi connectivity index (χ3n) is 2.40. The van der Waals surface area contributed by atoms with Gasteiger partial charge in [0.1, 0.15) is 6.20 Å². The second-order valence-corrected chi connectivity index (χ2v) is 4.01. The zero-order chi connectivity index (χ0) is 9.26. The van der Waals surface area contributed by atoms with Crippen LogP contribution in [-0.2, 0) is 0 Å². The molecule has 13 heavy (non-hydrogen) atoms. The van der Waals surface area contributed by atoms with Crippen LogP contribution in [0.5, 0.6) is 0 Å². The van der Waals surface area contributed by atoms with E-state index in [1.165, 1.54) is 6.20 Å². The van der Waals surface area contributed by atoms with E-state index >= 15 is 0 Å². The first kappa shape index (κ1) is 8.62. The summed E-state index contributed by atoms with van der Waals surface area (Å²) < 4.78 is 4.85. The van der Waals surface area contributed by atoms with Crippen LogP contribution in [0.15, 0.2) is 11.0 Å². The Hall–Kier alpha value is -0.970. The summed E-state index contributed by atoms with van der Waals surface area (Å²) in [6.07, 6.45) is 5.23. The number of aromatic nitrogens is 2. The average molecular weight is 198 g/mol. The van der Waals surface area contributed by atoms with Gasteiger partial charge in [-0.15, -0.1) is 0 Å². The summed E-state index contributed by atoms with van der Waals surface area (Å²) in [5.41, 5.74) is -0.290. The molecule has 0 bridgehead atoms. The van der Waals surface area contributed by atoms with Crippen LogP contribution in [0.3, 0.4) is 0 Å². The van der Waals surface area contributed by atoms with Crippen molar-refractivity contribution in [1.82, 2.24) is 8.33 Å². The summed E-state index contributed by atoms with van der Waals surface area (Å²) in [5.74, 6) is -0.0110. The number of nitrogens with zero attached hydrogens (tertiary/aromatic N) is 2. The highest BCUT2D eigenvalue weighted by atomic mass is 32.1. The molecular weight excluding hydrogens is 188 g/mol. The van der Waals surface area contributed by atoms with Gasteiger partial charge in [-0.25, -0.2) is 0 Å². The van der Waals surface area contributed by atoms with Gasteiger partial charge in [-0.05, 0) is 12.8 Å². The van der Waals surface area contributed by atoms with E-state index in [0.717, 1.165) is 41.4 Å². The quantitative estimate of drug-likeness (QED) is 0.679. The first-order chi connectivity index (χ1) is 6.29. The van der Waals surface area contributed by atoms with Gasteiger partial charge in [-0.3, -0.25) is 9.59 Å². The molecule has 0 saturated heterocycles. The monoisotopic (exact) mass is 198 g/mol. The van der Waals surface area contributed by atoms with Gasteiger partial charge in [-0.1, -0.05) is 12.8 Å². The summed E-state index contributed by atoms with van der Waals surface area (Å²) in [6.45, 7) is 0. The molecular formula is C8H10N2O2S. The molecule has 0 unspecified atom stereocenters. The van der Waals surface area contributed by atoms with Crippen LogP contribution in [0.25, 0.3) is 0 Å². The van der Waals surface area contributed by atoms with Crippen molar-refractivity contribution < 1.29 is 4.79 Å². The number of carbonyl (C=O) groups is 1. The summed E-state index contributed by atoms with van der Waals surface area (Å²) in [7, 11) is 0. The predicted octanol–water partition coefficient (Wildman–Crippen LogP) is 1.14. The Kier molecular flexibility index (Phi) is 2.26. The lowest BCUT2D eigenvalue weighted by Gasteiger charge is -2.04. The van der Waals surface area contributed by atoms with E-state index in [1.54, 1.807) is 0 Å². The van der Waals surface area contributed by atoms with E-state index in [2.05, 4.69) is 4.37 Å². The van der Waals surface area contributed by atoms with E-state index in [-0.39, 0.29) is 17.4 Å². The van der Waals surface area contributed by atoms with Crippen LogP contribution in [0, 0.1) is 5.92 Å². The van der Waals surface area contributed by atoms with E-state index in [4.69, 9.17) is 0 Å². The van der Waals surface area contributed by atoms with Crippen molar-refractivity contribution in [2.24, 2.45) is 5.92 Å². The maximum absolute atomic E-state index is 11.7. The van der Waals surface area contributed by atoms with Crippen molar-refractivity contribution >= 4 is 17.6 Å². The minimum Gasteiger partial charge on any atom is -0.273 e. The minimum atomic E-state index is -0.290. The first-order valence-corrected chi connectivity index (χ1v) is 5.10. The van der Waals surface area contributed by atoms with Crippen molar-refractivity contribution in [2.45, 2.75) is 25.7 Å². The molecule has 0 aliphatic heterocycles. The summed E-state index contributed by atoms with van der Waals surface area (Å²) in [5, 5.41) is 0. The smallest absolute Gasteiger partial charge is 0.273 e. The maximum Gasteiger partial charge on any atom is 0.287 e. The highest BCUT2D eigenvalue weighted by Crippen LogP contribution is 2.25. The molecule has 1 saturated carbocycles. The minimum absolute atomic E-state index is 0.0538. The Morgan fingerprint density at radius 1 is 1.54 bits per heavy atom. The third-order valence-corrected chi connectivity index (χ3v) is 3.12. The number of hydrogen-bond acceptors (Lipinski definition) is 4. The van der Waals surface area contributed by atoms with Crippen LogP contribution in [0.2, 0.25) is 0 Å². The van der Waals surface area contributed by atoms with Gasteiger partial charge in [0.25, 0.3) is 5.56 Å². The Morgan fingerprint density at radius 3 is 2.77 bits per heavy atom. The second-order valence-electron chi connectivity index (χ2n) is 3.27. The standard InChI is InChI=1S/C8H10N2O2S/c11-7-5-9-13-10(7)8(12)6-3-1-2-4-6/h5-6H,1-4H2. The molecule has 0 radical (unpaired) electrons. The lowest BCUT2D eigenvalue weighted by molar-refractivity contribution is 0.0847. The zero-order valence-electron chi connectivity index (χ0n) is 7.10. The van der Waals surface area contributed by atoms with E-state index in [1.807, 2.05) is 0 Å². The van der Waals surface area contributed by atoms with Gasteiger partial charge in [0, 0.05) is 5.92 Å². The number of rotatable bonds is 1. The molecule has 70 valence electrons. The fraction of sp³-hybridized carbons (Fsp3) is 0.625. The highest BCUT2D eigenvalue weighted by Gasteiger charge is 2.25. The molecule has 1 fully saturated rings. The first-order valence-electron chi connectivity index (χ1n) is 4.37. The summed E-state index contributed by atoms with van der Waals surface area (Å²) in [6, 6.07) is 0. The van der Waals surface area contributed by atoms with Crippen LogP contribution in [0.1, 0.15) is 30.5 Å². The lowest BCUT2D eigenvalue weighted by Crippen LogP contribution is -2.25. The zero-order valence-corrected chi connectivity index (χ0v) is 7.92. The van der Waals surface area contributed by atoms with Crippen molar-refractivity contribution in [3.63, 3.8) is 0 Å². The Bertz CT molecular complexity index is 362. The maximum atomic E-state index is 11.7. The largest absolute Gasteiger partial charge is 0.287 e. The summed E-state index contributed by atoms with van der Waals surface area (Å²) >= 11 is 0.949. The Morgan fingerprint density at radius 2 is 2.23 bits per heavy atom. The predicted molar refractivity (Wildman–Crippen MR) is 49.0 cm³/mol. The molecule has 1 heterocycles. The van der Waals surface area contributed by atoms with E-state index in [0.29, 0.717) is 0 Å². The molecule has 0 N–H and O–H groups in total. The van der Waals surface area contributed by atoms with Gasteiger partial charge in [0.15, 0.2) is 0 Å². The fourth-order valence-electron chi connectivity index (χ4n) is 1.70.